The van der Waals surface area contributed by atoms with Crippen molar-refractivity contribution in [3.8, 4) is 5.75 Å². The van der Waals surface area contributed by atoms with Crippen LogP contribution in [0.15, 0.2) is 18.2 Å². The molecule has 0 spiro atoms. The molecule has 1 fully saturated rings. The molecule has 0 aromatic heterocycles. The molecule has 2 rings (SSSR count). The lowest BCUT2D eigenvalue weighted by atomic mass is 9.94. The van der Waals surface area contributed by atoms with Crippen LogP contribution in [0.1, 0.15) is 44.1 Å². The molecule has 2 nitrogen and oxygen atoms in total. The van der Waals surface area contributed by atoms with Crippen LogP contribution in [0.4, 0.5) is 0 Å². The summed E-state index contributed by atoms with van der Waals surface area (Å²) < 4.78 is 5.16. The normalized spacial score (nSPS) is 23.1. The van der Waals surface area contributed by atoms with Gasteiger partial charge in [0.1, 0.15) is 11.5 Å². The van der Waals surface area contributed by atoms with Crippen LogP contribution in [0, 0.1) is 5.92 Å². The summed E-state index contributed by atoms with van der Waals surface area (Å²) in [6.07, 6.45) is 4.12. The minimum absolute atomic E-state index is 0.299. The van der Waals surface area contributed by atoms with Gasteiger partial charge in [0.2, 0.25) is 0 Å². The predicted octanol–water partition coefficient (Wildman–Crippen LogP) is 4.21. The van der Waals surface area contributed by atoms with Gasteiger partial charge in [-0.05, 0) is 55.7 Å². The fourth-order valence-electron chi connectivity index (χ4n) is 2.91. The molecule has 0 heterocycles. The van der Waals surface area contributed by atoms with E-state index in [-0.39, 0.29) is 0 Å². The Labute approximate surface area is 113 Å². The van der Waals surface area contributed by atoms with E-state index < -0.39 is 0 Å². The molecule has 1 aliphatic carbocycles. The van der Waals surface area contributed by atoms with E-state index in [1.54, 1.807) is 14.0 Å². The first kappa shape index (κ1) is 13.4. The monoisotopic (exact) mass is 266 g/mol. The van der Waals surface area contributed by atoms with Crippen LogP contribution in [-0.2, 0) is 4.79 Å². The molecule has 0 radical (unpaired) electrons. The maximum Gasteiger partial charge on any atom is 0.137 e. The highest BCUT2D eigenvalue weighted by Gasteiger charge is 2.26. The number of ketones is 1. The Kier molecular flexibility index (Phi) is 4.28. The van der Waals surface area contributed by atoms with Crippen LogP contribution in [0.5, 0.6) is 5.75 Å². The first-order valence-corrected chi connectivity index (χ1v) is 6.80. The Balaban J connectivity index is 2.05. The number of ether oxygens (including phenoxy) is 1. The second-order valence-corrected chi connectivity index (χ2v) is 5.58. The smallest absolute Gasteiger partial charge is 0.137 e. The molecular weight excluding hydrogens is 248 g/mol. The SMILES string of the molecule is COc1ccc(C2CCC(CC(C)=O)C2)cc1Cl. The standard InChI is InChI=1S/C15H19ClO2/c1-10(17)7-11-3-4-12(8-11)13-5-6-15(18-2)14(16)9-13/h5-6,9,11-12H,3-4,7-8H2,1-2H3. The van der Waals surface area contributed by atoms with Crippen molar-refractivity contribution in [3.05, 3.63) is 28.8 Å². The third-order valence-corrected chi connectivity index (χ3v) is 4.06. The predicted molar refractivity (Wildman–Crippen MR) is 73.4 cm³/mol. The average molecular weight is 267 g/mol. The summed E-state index contributed by atoms with van der Waals surface area (Å²) >= 11 is 6.15. The van der Waals surface area contributed by atoms with Gasteiger partial charge in [-0.2, -0.15) is 0 Å². The average Bonchev–Trinajstić information content (AvgIpc) is 2.76. The summed E-state index contributed by atoms with van der Waals surface area (Å²) in [7, 11) is 1.62. The van der Waals surface area contributed by atoms with E-state index in [9.17, 15) is 4.79 Å². The molecule has 1 aromatic carbocycles. The lowest BCUT2D eigenvalue weighted by Crippen LogP contribution is -2.02. The Hall–Kier alpha value is -1.02. The van der Waals surface area contributed by atoms with Crippen molar-refractivity contribution in [2.75, 3.05) is 7.11 Å². The van der Waals surface area contributed by atoms with Gasteiger partial charge < -0.3 is 9.53 Å². The fourth-order valence-corrected chi connectivity index (χ4v) is 3.17. The molecule has 18 heavy (non-hydrogen) atoms. The van der Waals surface area contributed by atoms with Crippen molar-refractivity contribution in [2.45, 2.75) is 38.5 Å². The number of carbonyl (C=O) groups excluding carboxylic acids is 1. The van der Waals surface area contributed by atoms with Crippen LogP contribution >= 0.6 is 11.6 Å². The van der Waals surface area contributed by atoms with Gasteiger partial charge in [0, 0.05) is 6.42 Å². The van der Waals surface area contributed by atoms with E-state index in [2.05, 4.69) is 6.07 Å². The van der Waals surface area contributed by atoms with Crippen molar-refractivity contribution < 1.29 is 9.53 Å². The molecular formula is C15H19ClO2. The lowest BCUT2D eigenvalue weighted by Gasteiger charge is -2.12. The maximum atomic E-state index is 11.1. The highest BCUT2D eigenvalue weighted by atomic mass is 35.5. The van der Waals surface area contributed by atoms with Crippen molar-refractivity contribution in [1.29, 1.82) is 0 Å². The molecule has 0 amide bonds. The van der Waals surface area contributed by atoms with E-state index >= 15 is 0 Å². The van der Waals surface area contributed by atoms with Crippen molar-refractivity contribution in [3.63, 3.8) is 0 Å². The van der Waals surface area contributed by atoms with Crippen LogP contribution in [0.25, 0.3) is 0 Å². The summed E-state index contributed by atoms with van der Waals surface area (Å²) in [4.78, 5) is 11.1. The molecule has 98 valence electrons. The van der Waals surface area contributed by atoms with Gasteiger partial charge in [0.05, 0.1) is 12.1 Å². The summed E-state index contributed by atoms with van der Waals surface area (Å²) in [5.41, 5.74) is 1.27. The molecule has 3 heteroatoms. The quantitative estimate of drug-likeness (QED) is 0.816. The Morgan fingerprint density at radius 3 is 2.83 bits per heavy atom. The minimum atomic E-state index is 0.299. The topological polar surface area (TPSA) is 26.3 Å². The largest absolute Gasteiger partial charge is 0.495 e. The van der Waals surface area contributed by atoms with Gasteiger partial charge in [-0.1, -0.05) is 17.7 Å². The van der Waals surface area contributed by atoms with E-state index in [1.807, 2.05) is 12.1 Å². The van der Waals surface area contributed by atoms with Gasteiger partial charge in [-0.15, -0.1) is 0 Å². The number of benzene rings is 1. The molecule has 1 aromatic rings. The van der Waals surface area contributed by atoms with Crippen LogP contribution in [0.3, 0.4) is 0 Å². The number of hydrogen-bond donors (Lipinski definition) is 0. The highest BCUT2D eigenvalue weighted by Crippen LogP contribution is 2.41. The van der Waals surface area contributed by atoms with Gasteiger partial charge in [-0.3, -0.25) is 0 Å². The zero-order chi connectivity index (χ0) is 13.1. The third kappa shape index (κ3) is 3.05. The first-order chi connectivity index (χ1) is 8.60. The molecule has 0 aliphatic heterocycles. The number of halogens is 1. The summed E-state index contributed by atoms with van der Waals surface area (Å²) in [5.74, 6) is 2.11. The van der Waals surface area contributed by atoms with E-state index in [0.29, 0.717) is 22.6 Å². The molecule has 0 saturated heterocycles. The lowest BCUT2D eigenvalue weighted by molar-refractivity contribution is -0.117. The second-order valence-electron chi connectivity index (χ2n) is 5.18. The van der Waals surface area contributed by atoms with Crippen LogP contribution < -0.4 is 4.74 Å². The van der Waals surface area contributed by atoms with E-state index in [1.165, 1.54) is 5.56 Å². The number of rotatable bonds is 4. The van der Waals surface area contributed by atoms with Gasteiger partial charge >= 0.3 is 0 Å². The summed E-state index contributed by atoms with van der Waals surface area (Å²) in [6.45, 7) is 1.68. The maximum absolute atomic E-state index is 11.1. The van der Waals surface area contributed by atoms with Crippen LogP contribution in [0.2, 0.25) is 5.02 Å². The molecule has 0 N–H and O–H groups in total. The van der Waals surface area contributed by atoms with Crippen molar-refractivity contribution >= 4 is 17.4 Å². The molecule has 1 aliphatic rings. The number of hydrogen-bond acceptors (Lipinski definition) is 2. The zero-order valence-electron chi connectivity index (χ0n) is 10.9. The van der Waals surface area contributed by atoms with E-state index in [4.69, 9.17) is 16.3 Å². The minimum Gasteiger partial charge on any atom is -0.495 e. The fraction of sp³-hybridized carbons (Fsp3) is 0.533. The van der Waals surface area contributed by atoms with Crippen LogP contribution in [-0.4, -0.2) is 12.9 Å². The number of Topliss-reactive ketones (excluding diaryl/α,β-unsaturated/α-hetero) is 1. The summed E-state index contributed by atoms with van der Waals surface area (Å²) in [5, 5.41) is 0.671. The van der Waals surface area contributed by atoms with Gasteiger partial charge in [0.25, 0.3) is 0 Å². The van der Waals surface area contributed by atoms with Crippen molar-refractivity contribution in [2.24, 2.45) is 5.92 Å². The molecule has 2 atom stereocenters. The molecule has 0 bridgehead atoms. The van der Waals surface area contributed by atoms with Gasteiger partial charge in [-0.25, -0.2) is 0 Å². The third-order valence-electron chi connectivity index (χ3n) is 3.76. The summed E-state index contributed by atoms with van der Waals surface area (Å²) in [6, 6.07) is 6.02. The first-order valence-electron chi connectivity index (χ1n) is 6.43. The van der Waals surface area contributed by atoms with Gasteiger partial charge in [0.15, 0.2) is 0 Å². The zero-order valence-corrected chi connectivity index (χ0v) is 11.7. The Morgan fingerprint density at radius 2 is 2.22 bits per heavy atom. The number of methoxy groups -OCH3 is 1. The Bertz CT molecular complexity index is 442. The number of carbonyl (C=O) groups is 1. The Morgan fingerprint density at radius 1 is 1.44 bits per heavy atom. The highest BCUT2D eigenvalue weighted by molar-refractivity contribution is 6.32. The molecule has 2 unspecified atom stereocenters. The van der Waals surface area contributed by atoms with E-state index in [0.717, 1.165) is 31.4 Å². The molecule has 1 saturated carbocycles. The second kappa shape index (κ2) is 5.75. The van der Waals surface area contributed by atoms with Crippen molar-refractivity contribution in [1.82, 2.24) is 0 Å².